The van der Waals surface area contributed by atoms with E-state index in [0.717, 1.165) is 41.1 Å². The third-order valence-corrected chi connectivity index (χ3v) is 4.42. The van der Waals surface area contributed by atoms with Crippen molar-refractivity contribution in [3.63, 3.8) is 0 Å². The molecule has 0 radical (unpaired) electrons. The molecule has 1 aromatic carbocycles. The van der Waals surface area contributed by atoms with Crippen LogP contribution in [0.3, 0.4) is 0 Å². The number of aromatic nitrogens is 3. The van der Waals surface area contributed by atoms with Gasteiger partial charge in [-0.15, -0.1) is 0 Å². The molecule has 3 aromatic rings. The fourth-order valence-corrected chi connectivity index (χ4v) is 2.82. The fraction of sp³-hybridized carbons (Fsp3) is 0.278. The van der Waals surface area contributed by atoms with Crippen LogP contribution in [0, 0.1) is 5.92 Å². The number of aromatic amines is 1. The highest BCUT2D eigenvalue weighted by molar-refractivity contribution is 5.96. The summed E-state index contributed by atoms with van der Waals surface area (Å²) in [5, 5.41) is 7.23. The van der Waals surface area contributed by atoms with Crippen LogP contribution in [0.2, 0.25) is 0 Å². The number of anilines is 4. The van der Waals surface area contributed by atoms with Crippen LogP contribution in [0.15, 0.2) is 36.5 Å². The van der Waals surface area contributed by atoms with Crippen LogP contribution in [0.25, 0.3) is 11.0 Å². The van der Waals surface area contributed by atoms with Crippen LogP contribution in [0.5, 0.6) is 0 Å². The van der Waals surface area contributed by atoms with Gasteiger partial charge >= 0.3 is 0 Å². The van der Waals surface area contributed by atoms with E-state index >= 15 is 0 Å². The van der Waals surface area contributed by atoms with Crippen molar-refractivity contribution in [2.24, 2.45) is 5.92 Å². The van der Waals surface area contributed by atoms with Crippen LogP contribution in [0.4, 0.5) is 23.1 Å². The summed E-state index contributed by atoms with van der Waals surface area (Å²) in [5.41, 5.74) is 2.52. The number of rotatable bonds is 5. The molecule has 128 valence electrons. The third-order valence-electron chi connectivity index (χ3n) is 4.42. The molecule has 4 rings (SSSR count). The summed E-state index contributed by atoms with van der Waals surface area (Å²) in [4.78, 5) is 25.9. The number of fused-ring (bicyclic) bond motifs is 1. The summed E-state index contributed by atoms with van der Waals surface area (Å²) in [6.07, 6.45) is 3.86. The zero-order valence-corrected chi connectivity index (χ0v) is 14.2. The van der Waals surface area contributed by atoms with Gasteiger partial charge < -0.3 is 20.5 Å². The second-order valence-corrected chi connectivity index (χ2v) is 6.23. The van der Waals surface area contributed by atoms with Crippen LogP contribution in [0.1, 0.15) is 12.8 Å². The Morgan fingerprint density at radius 2 is 1.96 bits per heavy atom. The number of amides is 1. The molecule has 2 aromatic heterocycles. The van der Waals surface area contributed by atoms with Crippen molar-refractivity contribution in [3.05, 3.63) is 36.5 Å². The molecule has 0 bridgehead atoms. The van der Waals surface area contributed by atoms with E-state index in [1.54, 1.807) is 4.90 Å². The van der Waals surface area contributed by atoms with Crippen molar-refractivity contribution in [1.82, 2.24) is 15.0 Å². The summed E-state index contributed by atoms with van der Waals surface area (Å²) in [7, 11) is 3.66. The Hall–Kier alpha value is -3.09. The molecule has 0 atom stereocenters. The number of carbonyl (C=O) groups is 1. The number of hydrogen-bond acceptors (Lipinski definition) is 5. The number of nitrogens with one attached hydrogen (secondary N) is 3. The van der Waals surface area contributed by atoms with E-state index in [0.29, 0.717) is 5.95 Å². The Bertz CT molecular complexity index is 913. The Kier molecular flexibility index (Phi) is 3.76. The van der Waals surface area contributed by atoms with Crippen LogP contribution < -0.4 is 15.5 Å². The van der Waals surface area contributed by atoms with Gasteiger partial charge in [0.1, 0.15) is 11.5 Å². The van der Waals surface area contributed by atoms with E-state index in [-0.39, 0.29) is 11.8 Å². The highest BCUT2D eigenvalue weighted by Crippen LogP contribution is 2.32. The standard InChI is InChI=1S/C18H20N6O/c1-19-15-14-9-10-20-16(14)23-18(22-15)21-12-5-7-13(8-6-12)24(2)17(25)11-3-4-11/h5-11H,3-4H2,1-2H3,(H3,19,20,21,22,23). The molecule has 1 aliphatic rings. The van der Waals surface area contributed by atoms with Crippen molar-refractivity contribution >= 4 is 40.1 Å². The van der Waals surface area contributed by atoms with E-state index in [1.807, 2.05) is 50.6 Å². The topological polar surface area (TPSA) is 85.9 Å². The maximum Gasteiger partial charge on any atom is 0.231 e. The molecule has 25 heavy (non-hydrogen) atoms. The first-order valence-electron chi connectivity index (χ1n) is 8.33. The van der Waals surface area contributed by atoms with Gasteiger partial charge in [-0.25, -0.2) is 0 Å². The number of nitrogens with zero attached hydrogens (tertiary/aromatic N) is 3. The minimum absolute atomic E-state index is 0.194. The van der Waals surface area contributed by atoms with Crippen molar-refractivity contribution in [2.45, 2.75) is 12.8 Å². The first-order chi connectivity index (χ1) is 12.2. The smallest absolute Gasteiger partial charge is 0.231 e. The monoisotopic (exact) mass is 336 g/mol. The van der Waals surface area contributed by atoms with Crippen molar-refractivity contribution in [1.29, 1.82) is 0 Å². The zero-order chi connectivity index (χ0) is 17.4. The number of hydrogen-bond donors (Lipinski definition) is 3. The van der Waals surface area contributed by atoms with E-state index in [9.17, 15) is 4.79 Å². The molecule has 1 saturated carbocycles. The quantitative estimate of drug-likeness (QED) is 0.666. The molecule has 0 unspecified atom stereocenters. The van der Waals surface area contributed by atoms with Gasteiger partial charge in [-0.1, -0.05) is 0 Å². The van der Waals surface area contributed by atoms with Gasteiger partial charge in [-0.05, 0) is 43.2 Å². The minimum atomic E-state index is 0.194. The van der Waals surface area contributed by atoms with E-state index in [1.165, 1.54) is 0 Å². The van der Waals surface area contributed by atoms with E-state index < -0.39 is 0 Å². The Morgan fingerprint density at radius 1 is 1.20 bits per heavy atom. The van der Waals surface area contributed by atoms with Crippen LogP contribution >= 0.6 is 0 Å². The normalized spacial score (nSPS) is 13.7. The van der Waals surface area contributed by atoms with Crippen LogP contribution in [-0.2, 0) is 4.79 Å². The molecule has 0 spiro atoms. The number of benzene rings is 1. The number of carbonyl (C=O) groups excluding carboxylic acids is 1. The molecular formula is C18H20N6O. The van der Waals surface area contributed by atoms with Crippen molar-refractivity contribution in [2.75, 3.05) is 29.6 Å². The minimum Gasteiger partial charge on any atom is -0.372 e. The van der Waals surface area contributed by atoms with E-state index in [2.05, 4.69) is 25.6 Å². The molecule has 1 amide bonds. The summed E-state index contributed by atoms with van der Waals surface area (Å²) in [5.74, 6) is 1.68. The molecule has 0 aliphatic heterocycles. The Morgan fingerprint density at radius 3 is 2.64 bits per heavy atom. The summed E-state index contributed by atoms with van der Waals surface area (Å²) in [6.45, 7) is 0. The first-order valence-corrected chi connectivity index (χ1v) is 8.33. The second kappa shape index (κ2) is 6.08. The Labute approximate surface area is 145 Å². The van der Waals surface area contributed by atoms with Gasteiger partial charge in [-0.3, -0.25) is 4.79 Å². The highest BCUT2D eigenvalue weighted by atomic mass is 16.2. The number of H-pyrrole nitrogens is 1. The fourth-order valence-electron chi connectivity index (χ4n) is 2.82. The van der Waals surface area contributed by atoms with Gasteiger partial charge in [0.25, 0.3) is 0 Å². The molecule has 3 N–H and O–H groups in total. The average molecular weight is 336 g/mol. The first kappa shape index (κ1) is 15.4. The maximum absolute atomic E-state index is 12.1. The van der Waals surface area contributed by atoms with Gasteiger partial charge in [0.15, 0.2) is 0 Å². The molecule has 0 saturated heterocycles. The largest absolute Gasteiger partial charge is 0.372 e. The third kappa shape index (κ3) is 3.00. The van der Waals surface area contributed by atoms with Gasteiger partial charge in [0.05, 0.1) is 5.39 Å². The van der Waals surface area contributed by atoms with E-state index in [4.69, 9.17) is 0 Å². The Balaban J connectivity index is 1.54. The van der Waals surface area contributed by atoms with Gasteiger partial charge in [0.2, 0.25) is 11.9 Å². The van der Waals surface area contributed by atoms with Crippen molar-refractivity contribution < 1.29 is 4.79 Å². The lowest BCUT2D eigenvalue weighted by Crippen LogP contribution is -2.27. The molecular weight excluding hydrogens is 316 g/mol. The zero-order valence-electron chi connectivity index (χ0n) is 14.2. The highest BCUT2D eigenvalue weighted by Gasteiger charge is 2.32. The molecule has 1 aliphatic carbocycles. The lowest BCUT2D eigenvalue weighted by atomic mass is 10.2. The van der Waals surface area contributed by atoms with Crippen molar-refractivity contribution in [3.8, 4) is 0 Å². The summed E-state index contributed by atoms with van der Waals surface area (Å²) < 4.78 is 0. The summed E-state index contributed by atoms with van der Waals surface area (Å²) >= 11 is 0. The predicted octanol–water partition coefficient (Wildman–Crippen LogP) is 3.12. The molecule has 2 heterocycles. The summed E-state index contributed by atoms with van der Waals surface area (Å²) in [6, 6.07) is 9.64. The van der Waals surface area contributed by atoms with Gasteiger partial charge in [-0.2, -0.15) is 9.97 Å². The predicted molar refractivity (Wildman–Crippen MR) is 99.3 cm³/mol. The van der Waals surface area contributed by atoms with Gasteiger partial charge in [0, 0.05) is 37.6 Å². The molecule has 7 heteroatoms. The average Bonchev–Trinajstić information content (AvgIpc) is 3.38. The molecule has 1 fully saturated rings. The lowest BCUT2D eigenvalue weighted by Gasteiger charge is -2.17. The maximum atomic E-state index is 12.1. The second-order valence-electron chi connectivity index (χ2n) is 6.23. The van der Waals surface area contributed by atoms with Crippen LogP contribution in [-0.4, -0.2) is 35.0 Å². The molecule has 7 nitrogen and oxygen atoms in total. The SMILES string of the molecule is CNc1nc(Nc2ccc(N(C)C(=O)C3CC3)cc2)nc2[nH]ccc12. The lowest BCUT2D eigenvalue weighted by molar-refractivity contribution is -0.119.